The Kier molecular flexibility index (Phi) is 8.16. The van der Waals surface area contributed by atoms with Crippen LogP contribution in [0, 0.1) is 0 Å². The number of alkyl carbamates (subject to hydrolysis) is 1. The number of anilines is 2. The number of benzene rings is 2. The second-order valence-corrected chi connectivity index (χ2v) is 8.80. The van der Waals surface area contributed by atoms with Gasteiger partial charge in [-0.25, -0.2) is 4.79 Å². The molecule has 1 aliphatic rings. The summed E-state index contributed by atoms with van der Waals surface area (Å²) in [5.41, 5.74) is 4.69. The number of nitrogens with zero attached hydrogens (tertiary/aromatic N) is 1. The second-order valence-electron chi connectivity index (χ2n) is 8.80. The van der Waals surface area contributed by atoms with Crippen molar-refractivity contribution < 1.29 is 14.3 Å². The molecule has 1 N–H and O–H groups in total. The third-order valence-electron chi connectivity index (χ3n) is 4.84. The minimum Gasteiger partial charge on any atom is -0.493 e. The van der Waals surface area contributed by atoms with Crippen molar-refractivity contribution in [1.82, 2.24) is 5.32 Å². The first-order valence-electron chi connectivity index (χ1n) is 10.6. The van der Waals surface area contributed by atoms with Gasteiger partial charge in [0.2, 0.25) is 0 Å². The van der Waals surface area contributed by atoms with Crippen molar-refractivity contribution >= 4 is 17.5 Å². The molecule has 0 atom stereocenters. The standard InChI is InChI=1S/C19H23NO.C6H13NO2/c1-14(2)15-6-9-17(10-7-15)20(3)18-11-8-16-5-4-12-21-19(16)13-18;1-6(2,3)9-5(8)7-4/h6-11,13-14H,4-5,12H2,1-3H3;1-4H3,(H,7,8). The van der Waals surface area contributed by atoms with E-state index >= 15 is 0 Å². The molecule has 3 rings (SSSR count). The van der Waals surface area contributed by atoms with Gasteiger partial charge >= 0.3 is 6.09 Å². The molecule has 0 spiro atoms. The highest BCUT2D eigenvalue weighted by Gasteiger charge is 2.14. The predicted octanol–water partition coefficient (Wildman–Crippen LogP) is 6.04. The molecule has 164 valence electrons. The van der Waals surface area contributed by atoms with Crippen LogP contribution in [-0.4, -0.2) is 32.4 Å². The highest BCUT2D eigenvalue weighted by Crippen LogP contribution is 2.32. The van der Waals surface area contributed by atoms with Crippen molar-refractivity contribution in [2.24, 2.45) is 0 Å². The largest absolute Gasteiger partial charge is 0.493 e. The molecular weight excluding hydrogens is 376 g/mol. The summed E-state index contributed by atoms with van der Waals surface area (Å²) in [6, 6.07) is 15.3. The summed E-state index contributed by atoms with van der Waals surface area (Å²) >= 11 is 0. The summed E-state index contributed by atoms with van der Waals surface area (Å²) in [6.07, 6.45) is 1.86. The van der Waals surface area contributed by atoms with Crippen molar-refractivity contribution in [3.8, 4) is 5.75 Å². The Bertz CT molecular complexity index is 823. The van der Waals surface area contributed by atoms with E-state index in [2.05, 4.69) is 73.6 Å². The van der Waals surface area contributed by atoms with Crippen LogP contribution in [0.2, 0.25) is 0 Å². The van der Waals surface area contributed by atoms with Gasteiger partial charge < -0.3 is 19.7 Å². The predicted molar refractivity (Wildman–Crippen MR) is 124 cm³/mol. The molecular formula is C25H36N2O3. The van der Waals surface area contributed by atoms with Crippen LogP contribution in [0.25, 0.3) is 0 Å². The zero-order valence-electron chi connectivity index (χ0n) is 19.4. The first-order valence-corrected chi connectivity index (χ1v) is 10.6. The van der Waals surface area contributed by atoms with Crippen molar-refractivity contribution in [1.29, 1.82) is 0 Å². The third-order valence-corrected chi connectivity index (χ3v) is 4.84. The molecule has 1 aliphatic heterocycles. The monoisotopic (exact) mass is 412 g/mol. The topological polar surface area (TPSA) is 50.8 Å². The van der Waals surface area contributed by atoms with E-state index in [1.54, 1.807) is 0 Å². The zero-order valence-corrected chi connectivity index (χ0v) is 19.4. The number of hydrogen-bond acceptors (Lipinski definition) is 4. The van der Waals surface area contributed by atoms with E-state index in [0.29, 0.717) is 5.92 Å². The fraction of sp³-hybridized carbons (Fsp3) is 0.480. The van der Waals surface area contributed by atoms with Crippen LogP contribution < -0.4 is 15.0 Å². The first-order chi connectivity index (χ1) is 14.1. The molecule has 2 aromatic rings. The van der Waals surface area contributed by atoms with Crippen molar-refractivity contribution in [2.45, 2.75) is 59.0 Å². The summed E-state index contributed by atoms with van der Waals surface area (Å²) in [6.45, 7) is 10.7. The lowest BCUT2D eigenvalue weighted by molar-refractivity contribution is 0.0541. The first kappa shape index (κ1) is 23.6. The van der Waals surface area contributed by atoms with Gasteiger partial charge in [-0.1, -0.05) is 32.0 Å². The lowest BCUT2D eigenvalue weighted by atomic mass is 10.0. The number of carbonyl (C=O) groups is 1. The maximum atomic E-state index is 10.5. The van der Waals surface area contributed by atoms with Gasteiger partial charge in [-0.05, 0) is 68.9 Å². The van der Waals surface area contributed by atoms with E-state index in [-0.39, 0.29) is 11.7 Å². The van der Waals surface area contributed by atoms with Gasteiger partial charge in [-0.3, -0.25) is 0 Å². The second kappa shape index (κ2) is 10.4. The molecule has 1 heterocycles. The zero-order chi connectivity index (χ0) is 22.3. The molecule has 1 amide bonds. The molecule has 0 saturated carbocycles. The van der Waals surface area contributed by atoms with Crippen LogP contribution in [0.1, 0.15) is 58.1 Å². The number of rotatable bonds is 3. The normalized spacial score (nSPS) is 12.8. The number of ether oxygens (including phenoxy) is 2. The van der Waals surface area contributed by atoms with Crippen LogP contribution in [0.4, 0.5) is 16.2 Å². The molecule has 5 nitrogen and oxygen atoms in total. The van der Waals surface area contributed by atoms with E-state index < -0.39 is 0 Å². The van der Waals surface area contributed by atoms with Crippen LogP contribution in [0.3, 0.4) is 0 Å². The molecule has 0 saturated heterocycles. The van der Waals surface area contributed by atoms with E-state index in [9.17, 15) is 4.79 Å². The number of carbonyl (C=O) groups excluding carboxylic acids is 1. The van der Waals surface area contributed by atoms with Crippen molar-refractivity contribution in [2.75, 3.05) is 25.6 Å². The van der Waals surface area contributed by atoms with Crippen molar-refractivity contribution in [3.05, 3.63) is 53.6 Å². The van der Waals surface area contributed by atoms with Gasteiger partial charge in [-0.2, -0.15) is 0 Å². The summed E-state index contributed by atoms with van der Waals surface area (Å²) in [5, 5.41) is 2.36. The Morgan fingerprint density at radius 1 is 1.10 bits per heavy atom. The number of fused-ring (bicyclic) bond motifs is 1. The number of hydrogen-bond donors (Lipinski definition) is 1. The molecule has 0 radical (unpaired) electrons. The fourth-order valence-corrected chi connectivity index (χ4v) is 3.10. The highest BCUT2D eigenvalue weighted by atomic mass is 16.6. The van der Waals surface area contributed by atoms with Crippen LogP contribution >= 0.6 is 0 Å². The average molecular weight is 413 g/mol. The minimum absolute atomic E-state index is 0.387. The average Bonchev–Trinajstić information content (AvgIpc) is 2.72. The number of amides is 1. The molecule has 0 unspecified atom stereocenters. The van der Waals surface area contributed by atoms with Crippen LogP contribution in [0.15, 0.2) is 42.5 Å². The summed E-state index contributed by atoms with van der Waals surface area (Å²) in [4.78, 5) is 12.7. The Morgan fingerprint density at radius 2 is 1.73 bits per heavy atom. The van der Waals surface area contributed by atoms with Crippen LogP contribution in [0.5, 0.6) is 5.75 Å². The Labute approximate surface area is 181 Å². The summed E-state index contributed by atoms with van der Waals surface area (Å²) < 4.78 is 10.6. The molecule has 0 bridgehead atoms. The van der Waals surface area contributed by atoms with Gasteiger partial charge in [0.1, 0.15) is 11.4 Å². The van der Waals surface area contributed by atoms with E-state index in [0.717, 1.165) is 25.2 Å². The minimum atomic E-state index is -0.389. The summed E-state index contributed by atoms with van der Waals surface area (Å²) in [5.74, 6) is 1.62. The van der Waals surface area contributed by atoms with Gasteiger partial charge in [0.15, 0.2) is 0 Å². The van der Waals surface area contributed by atoms with E-state index in [4.69, 9.17) is 9.47 Å². The molecule has 2 aromatic carbocycles. The maximum absolute atomic E-state index is 10.5. The fourth-order valence-electron chi connectivity index (χ4n) is 3.10. The molecule has 0 aliphatic carbocycles. The quantitative estimate of drug-likeness (QED) is 0.667. The number of aryl methyl sites for hydroxylation is 1. The molecule has 0 fully saturated rings. The maximum Gasteiger partial charge on any atom is 0.407 e. The van der Waals surface area contributed by atoms with Gasteiger partial charge in [0.25, 0.3) is 0 Å². The summed E-state index contributed by atoms with van der Waals surface area (Å²) in [7, 11) is 3.64. The molecule has 30 heavy (non-hydrogen) atoms. The van der Waals surface area contributed by atoms with Gasteiger partial charge in [0, 0.05) is 31.5 Å². The molecule has 5 heteroatoms. The van der Waals surface area contributed by atoms with E-state index in [1.807, 2.05) is 20.8 Å². The SMILES string of the molecule is CC(C)c1ccc(N(C)c2ccc3c(c2)OCCC3)cc1.CNC(=O)OC(C)(C)C. The van der Waals surface area contributed by atoms with Crippen LogP contribution in [-0.2, 0) is 11.2 Å². The molecule has 0 aromatic heterocycles. The van der Waals surface area contributed by atoms with Gasteiger partial charge in [0.05, 0.1) is 6.61 Å². The van der Waals surface area contributed by atoms with E-state index in [1.165, 1.54) is 29.5 Å². The number of nitrogens with one attached hydrogen (secondary N) is 1. The smallest absolute Gasteiger partial charge is 0.407 e. The Balaban J connectivity index is 0.000000303. The Hall–Kier alpha value is -2.69. The lowest BCUT2D eigenvalue weighted by Gasteiger charge is -2.23. The van der Waals surface area contributed by atoms with Gasteiger partial charge in [-0.15, -0.1) is 0 Å². The highest BCUT2D eigenvalue weighted by molar-refractivity contribution is 5.67. The van der Waals surface area contributed by atoms with Crippen molar-refractivity contribution in [3.63, 3.8) is 0 Å². The lowest BCUT2D eigenvalue weighted by Crippen LogP contribution is -2.30. The third kappa shape index (κ3) is 6.97. The Morgan fingerprint density at radius 3 is 2.27 bits per heavy atom.